The summed E-state index contributed by atoms with van der Waals surface area (Å²) in [6.45, 7) is 0. The fourth-order valence-corrected chi connectivity index (χ4v) is 2.49. The molecule has 0 saturated carbocycles. The summed E-state index contributed by atoms with van der Waals surface area (Å²) < 4.78 is 5.53. The van der Waals surface area contributed by atoms with Crippen LogP contribution in [-0.2, 0) is 4.84 Å². The molecule has 12 heteroatoms. The lowest BCUT2D eigenvalue weighted by atomic mass is 10.3. The molecule has 3 rings (SSSR count). The highest BCUT2D eigenvalue weighted by Crippen LogP contribution is 2.25. The van der Waals surface area contributed by atoms with E-state index >= 15 is 0 Å². The van der Waals surface area contributed by atoms with Crippen molar-refractivity contribution in [1.82, 2.24) is 20.4 Å². The SMILES string of the molecule is CONC(=O)c1ncnc(Oc2cccc(NC(=O)Nc3ccc(Cl)c(Cl)c3)c2)n1. The van der Waals surface area contributed by atoms with Crippen LogP contribution in [0.2, 0.25) is 10.0 Å². The molecule has 3 N–H and O–H groups in total. The summed E-state index contributed by atoms with van der Waals surface area (Å²) in [6, 6.07) is 10.6. The van der Waals surface area contributed by atoms with E-state index in [1.165, 1.54) is 13.2 Å². The number of ether oxygens (including phenoxy) is 1. The first-order chi connectivity index (χ1) is 14.4. The van der Waals surface area contributed by atoms with Gasteiger partial charge in [-0.3, -0.25) is 9.63 Å². The normalized spacial score (nSPS) is 10.2. The van der Waals surface area contributed by atoms with Crippen LogP contribution < -0.4 is 20.9 Å². The second-order valence-corrected chi connectivity index (χ2v) is 6.38. The number of rotatable bonds is 6. The Labute approximate surface area is 180 Å². The van der Waals surface area contributed by atoms with Gasteiger partial charge in [0.2, 0.25) is 5.82 Å². The zero-order chi connectivity index (χ0) is 21.5. The quantitative estimate of drug-likeness (QED) is 0.487. The predicted octanol–water partition coefficient (Wildman–Crippen LogP) is 3.91. The van der Waals surface area contributed by atoms with Gasteiger partial charge in [-0.25, -0.2) is 15.3 Å². The Hall–Kier alpha value is -3.47. The molecular formula is C18H14Cl2N6O4. The highest BCUT2D eigenvalue weighted by atomic mass is 35.5. The van der Waals surface area contributed by atoms with Gasteiger partial charge >= 0.3 is 17.9 Å². The average Bonchev–Trinajstić information content (AvgIpc) is 2.71. The third-order valence-electron chi connectivity index (χ3n) is 3.43. The van der Waals surface area contributed by atoms with Gasteiger partial charge in [0.25, 0.3) is 0 Å². The molecule has 0 bridgehead atoms. The van der Waals surface area contributed by atoms with Crippen LogP contribution in [0.4, 0.5) is 16.2 Å². The Morgan fingerprint density at radius 2 is 1.73 bits per heavy atom. The Balaban J connectivity index is 1.66. The Morgan fingerprint density at radius 3 is 2.47 bits per heavy atom. The molecule has 10 nitrogen and oxygen atoms in total. The van der Waals surface area contributed by atoms with Gasteiger partial charge in [-0.05, 0) is 30.3 Å². The van der Waals surface area contributed by atoms with Crippen molar-refractivity contribution in [2.45, 2.75) is 0 Å². The molecule has 1 aromatic heterocycles. The minimum absolute atomic E-state index is 0.108. The fourth-order valence-electron chi connectivity index (χ4n) is 2.19. The van der Waals surface area contributed by atoms with Crippen molar-refractivity contribution in [1.29, 1.82) is 0 Å². The number of carbonyl (C=O) groups is 2. The summed E-state index contributed by atoms with van der Waals surface area (Å²) in [5.41, 5.74) is 3.01. The molecule has 0 aliphatic heterocycles. The number of hydroxylamine groups is 1. The van der Waals surface area contributed by atoms with Crippen LogP contribution in [0.15, 0.2) is 48.8 Å². The summed E-state index contributed by atoms with van der Waals surface area (Å²) in [7, 11) is 1.28. The molecule has 0 atom stereocenters. The van der Waals surface area contributed by atoms with Crippen molar-refractivity contribution in [3.8, 4) is 11.8 Å². The molecule has 0 aliphatic carbocycles. The second-order valence-electron chi connectivity index (χ2n) is 5.56. The molecule has 0 saturated heterocycles. The van der Waals surface area contributed by atoms with Crippen LogP contribution in [-0.4, -0.2) is 34.0 Å². The Bertz CT molecular complexity index is 1080. The first kappa shape index (κ1) is 21.2. The maximum Gasteiger partial charge on any atom is 0.325 e. The van der Waals surface area contributed by atoms with Gasteiger partial charge in [0.05, 0.1) is 17.2 Å². The lowest BCUT2D eigenvalue weighted by molar-refractivity contribution is 0.0525. The molecule has 0 aliphatic rings. The van der Waals surface area contributed by atoms with Gasteiger partial charge in [-0.15, -0.1) is 0 Å². The lowest BCUT2D eigenvalue weighted by Gasteiger charge is -2.10. The summed E-state index contributed by atoms with van der Waals surface area (Å²) >= 11 is 11.8. The number of carbonyl (C=O) groups excluding carboxylic acids is 2. The summed E-state index contributed by atoms with van der Waals surface area (Å²) in [5, 5.41) is 6.00. The largest absolute Gasteiger partial charge is 0.424 e. The van der Waals surface area contributed by atoms with E-state index in [0.717, 1.165) is 6.33 Å². The minimum atomic E-state index is -0.654. The van der Waals surface area contributed by atoms with Crippen LogP contribution in [0.3, 0.4) is 0 Å². The van der Waals surface area contributed by atoms with E-state index < -0.39 is 11.9 Å². The number of halogens is 2. The molecular weight excluding hydrogens is 435 g/mol. The van der Waals surface area contributed by atoms with Gasteiger partial charge < -0.3 is 15.4 Å². The predicted molar refractivity (Wildman–Crippen MR) is 110 cm³/mol. The van der Waals surface area contributed by atoms with E-state index in [2.05, 4.69) is 35.9 Å². The van der Waals surface area contributed by atoms with E-state index in [1.807, 2.05) is 0 Å². The summed E-state index contributed by atoms with van der Waals surface area (Å²) in [5.74, 6) is -0.511. The van der Waals surface area contributed by atoms with E-state index in [4.69, 9.17) is 27.9 Å². The summed E-state index contributed by atoms with van der Waals surface area (Å²) in [6.07, 6.45) is 1.12. The molecule has 30 heavy (non-hydrogen) atoms. The molecule has 1 heterocycles. The topological polar surface area (TPSA) is 127 Å². The second kappa shape index (κ2) is 9.83. The number of anilines is 2. The van der Waals surface area contributed by atoms with Crippen molar-refractivity contribution in [3.05, 3.63) is 64.7 Å². The number of amides is 3. The molecule has 0 spiro atoms. The standard InChI is InChI=1S/C18H14Cl2N6O4/c1-29-26-16(27)15-21-9-22-18(25-15)30-12-4-2-3-10(7-12)23-17(28)24-11-5-6-13(19)14(20)8-11/h2-9H,1H3,(H,26,27)(H2,23,24,28). The number of hydrogen-bond acceptors (Lipinski definition) is 7. The van der Waals surface area contributed by atoms with Crippen molar-refractivity contribution in [2.75, 3.05) is 17.7 Å². The lowest BCUT2D eigenvalue weighted by Crippen LogP contribution is -2.24. The maximum atomic E-state index is 12.2. The molecule has 2 aromatic carbocycles. The number of urea groups is 1. The van der Waals surface area contributed by atoms with E-state index in [1.54, 1.807) is 36.4 Å². The molecule has 3 aromatic rings. The third kappa shape index (κ3) is 5.77. The Morgan fingerprint density at radius 1 is 0.967 bits per heavy atom. The van der Waals surface area contributed by atoms with Gasteiger partial charge in [0.1, 0.15) is 12.1 Å². The van der Waals surface area contributed by atoms with Crippen LogP contribution in [0.5, 0.6) is 11.8 Å². The van der Waals surface area contributed by atoms with Crippen molar-refractivity contribution in [3.63, 3.8) is 0 Å². The van der Waals surface area contributed by atoms with Gasteiger partial charge in [0.15, 0.2) is 0 Å². The molecule has 3 amide bonds. The van der Waals surface area contributed by atoms with E-state index in [9.17, 15) is 9.59 Å². The zero-order valence-corrected chi connectivity index (χ0v) is 16.9. The molecule has 0 unspecified atom stereocenters. The first-order valence-electron chi connectivity index (χ1n) is 8.28. The number of aromatic nitrogens is 3. The fraction of sp³-hybridized carbons (Fsp3) is 0.0556. The van der Waals surface area contributed by atoms with Crippen LogP contribution in [0.1, 0.15) is 10.6 Å². The monoisotopic (exact) mass is 448 g/mol. The van der Waals surface area contributed by atoms with Crippen molar-refractivity contribution >= 4 is 46.5 Å². The number of nitrogens with zero attached hydrogens (tertiary/aromatic N) is 3. The zero-order valence-electron chi connectivity index (χ0n) is 15.3. The number of nitrogens with one attached hydrogen (secondary N) is 3. The number of benzene rings is 2. The maximum absolute atomic E-state index is 12.2. The molecule has 0 fully saturated rings. The summed E-state index contributed by atoms with van der Waals surface area (Å²) in [4.78, 5) is 39.9. The molecule has 154 valence electrons. The molecule has 0 radical (unpaired) electrons. The van der Waals surface area contributed by atoms with Crippen LogP contribution in [0.25, 0.3) is 0 Å². The van der Waals surface area contributed by atoms with Gasteiger partial charge in [-0.2, -0.15) is 9.97 Å². The van der Waals surface area contributed by atoms with E-state index in [0.29, 0.717) is 27.2 Å². The minimum Gasteiger partial charge on any atom is -0.424 e. The first-order valence-corrected chi connectivity index (χ1v) is 9.03. The smallest absolute Gasteiger partial charge is 0.325 e. The highest BCUT2D eigenvalue weighted by molar-refractivity contribution is 6.42. The Kier molecular flexibility index (Phi) is 6.96. The van der Waals surface area contributed by atoms with Gasteiger partial charge in [0, 0.05) is 17.4 Å². The average molecular weight is 449 g/mol. The van der Waals surface area contributed by atoms with Crippen molar-refractivity contribution in [2.24, 2.45) is 0 Å². The van der Waals surface area contributed by atoms with Crippen LogP contribution >= 0.6 is 23.2 Å². The van der Waals surface area contributed by atoms with Crippen molar-refractivity contribution < 1.29 is 19.2 Å². The highest BCUT2D eigenvalue weighted by Gasteiger charge is 2.12. The van der Waals surface area contributed by atoms with Gasteiger partial charge in [-0.1, -0.05) is 29.3 Å². The van der Waals surface area contributed by atoms with E-state index in [-0.39, 0.29) is 11.8 Å². The number of hydrogen-bond donors (Lipinski definition) is 3. The van der Waals surface area contributed by atoms with Crippen LogP contribution in [0, 0.1) is 0 Å². The third-order valence-corrected chi connectivity index (χ3v) is 4.17.